The third-order valence-electron chi connectivity index (χ3n) is 2.73. The molecule has 1 heterocycles. The zero-order valence-electron chi connectivity index (χ0n) is 11.6. The average Bonchev–Trinajstić information content (AvgIpc) is 2.80. The van der Waals surface area contributed by atoms with Crippen LogP contribution in [0.25, 0.3) is 5.69 Å². The second-order valence-corrected chi connectivity index (χ2v) is 6.37. The van der Waals surface area contributed by atoms with E-state index in [2.05, 4.69) is 5.10 Å². The molecular weight excluding hydrogens is 294 g/mol. The molecule has 0 spiro atoms. The fourth-order valence-corrected chi connectivity index (χ4v) is 2.37. The summed E-state index contributed by atoms with van der Waals surface area (Å²) in [6.07, 6.45) is 1.13. The predicted octanol–water partition coefficient (Wildman–Crippen LogP) is 1.03. The first kappa shape index (κ1) is 15.0. The summed E-state index contributed by atoms with van der Waals surface area (Å²) in [5.74, 6) is -0.305. The van der Waals surface area contributed by atoms with Gasteiger partial charge in [-0.25, -0.2) is 17.9 Å². The molecule has 112 valence electrons. The normalized spacial score (nSPS) is 11.3. The molecule has 21 heavy (non-hydrogen) atoms. The van der Waals surface area contributed by atoms with Gasteiger partial charge in [-0.05, 0) is 31.2 Å². The Balaban J connectivity index is 2.36. The van der Waals surface area contributed by atoms with Crippen LogP contribution in [0.4, 0.5) is 5.82 Å². The van der Waals surface area contributed by atoms with E-state index in [-0.39, 0.29) is 23.0 Å². The first-order valence-electron chi connectivity index (χ1n) is 6.16. The van der Waals surface area contributed by atoms with Crippen molar-refractivity contribution in [2.24, 2.45) is 0 Å². The van der Waals surface area contributed by atoms with Gasteiger partial charge in [-0.15, -0.1) is 0 Å². The van der Waals surface area contributed by atoms with Gasteiger partial charge in [0.15, 0.2) is 15.5 Å². The highest BCUT2D eigenvalue weighted by molar-refractivity contribution is 7.90. The second kappa shape index (κ2) is 5.57. The number of hydrogen-bond donors (Lipinski definition) is 1. The summed E-state index contributed by atoms with van der Waals surface area (Å²) in [7, 11) is -3.26. The number of benzene rings is 1. The van der Waals surface area contributed by atoms with Crippen LogP contribution in [0.3, 0.4) is 0 Å². The quantitative estimate of drug-likeness (QED) is 0.846. The molecule has 2 aromatic rings. The first-order valence-corrected chi connectivity index (χ1v) is 8.05. The van der Waals surface area contributed by atoms with Gasteiger partial charge in [-0.3, -0.25) is 0 Å². The highest BCUT2D eigenvalue weighted by atomic mass is 32.2. The van der Waals surface area contributed by atoms with E-state index in [1.165, 1.54) is 22.9 Å². The maximum atomic E-state index is 11.6. The Kier molecular flexibility index (Phi) is 3.99. The van der Waals surface area contributed by atoms with E-state index >= 15 is 0 Å². The summed E-state index contributed by atoms with van der Waals surface area (Å²) >= 11 is 0. The highest BCUT2D eigenvalue weighted by Gasteiger charge is 2.15. The summed E-state index contributed by atoms with van der Waals surface area (Å²) in [5, 5.41) is 4.06. The lowest BCUT2D eigenvalue weighted by Crippen LogP contribution is -2.07. The van der Waals surface area contributed by atoms with Crippen LogP contribution >= 0.6 is 0 Å². The van der Waals surface area contributed by atoms with Crippen molar-refractivity contribution in [3.63, 3.8) is 0 Å². The summed E-state index contributed by atoms with van der Waals surface area (Å²) in [6.45, 7) is 1.94. The van der Waals surface area contributed by atoms with Gasteiger partial charge in [0.2, 0.25) is 0 Å². The van der Waals surface area contributed by atoms with Gasteiger partial charge in [0, 0.05) is 12.3 Å². The van der Waals surface area contributed by atoms with Crippen molar-refractivity contribution in [1.82, 2.24) is 9.78 Å². The predicted molar refractivity (Wildman–Crippen MR) is 77.0 cm³/mol. The Bertz CT molecular complexity index is 763. The molecule has 1 aromatic carbocycles. The Morgan fingerprint density at radius 1 is 1.33 bits per heavy atom. The van der Waals surface area contributed by atoms with E-state index in [0.717, 1.165) is 6.26 Å². The molecule has 0 bridgehead atoms. The van der Waals surface area contributed by atoms with Crippen molar-refractivity contribution in [3.8, 4) is 5.69 Å². The van der Waals surface area contributed by atoms with E-state index < -0.39 is 15.8 Å². The van der Waals surface area contributed by atoms with Crippen molar-refractivity contribution in [1.29, 1.82) is 0 Å². The van der Waals surface area contributed by atoms with Gasteiger partial charge in [0.1, 0.15) is 5.82 Å². The number of esters is 1. The highest BCUT2D eigenvalue weighted by Crippen LogP contribution is 2.17. The number of nitrogen functional groups attached to an aromatic ring is 1. The summed E-state index contributed by atoms with van der Waals surface area (Å²) < 4.78 is 29.0. The number of rotatable bonds is 4. The number of aromatic nitrogens is 2. The number of carbonyl (C=O) groups is 1. The number of carbonyl (C=O) groups excluding carboxylic acids is 1. The minimum absolute atomic E-state index is 0.0986. The van der Waals surface area contributed by atoms with Crippen LogP contribution in [-0.2, 0) is 14.6 Å². The standard InChI is InChI=1S/C13H15N3O4S/c1-3-20-13(17)11-8-12(14)16(15-11)9-4-6-10(7-5-9)21(2,18)19/h4-8H,3,14H2,1-2H3. The molecule has 2 N–H and O–H groups in total. The molecule has 0 aliphatic heterocycles. The zero-order chi connectivity index (χ0) is 15.6. The molecule has 1 aromatic heterocycles. The van der Waals surface area contributed by atoms with Gasteiger partial charge in [-0.2, -0.15) is 5.10 Å². The third-order valence-corrected chi connectivity index (χ3v) is 3.86. The first-order chi connectivity index (χ1) is 9.82. The largest absolute Gasteiger partial charge is 0.461 e. The van der Waals surface area contributed by atoms with Gasteiger partial charge >= 0.3 is 5.97 Å². The topological polar surface area (TPSA) is 104 Å². The molecule has 0 saturated heterocycles. The van der Waals surface area contributed by atoms with Crippen LogP contribution in [0, 0.1) is 0 Å². The smallest absolute Gasteiger partial charge is 0.358 e. The number of hydrogen-bond acceptors (Lipinski definition) is 6. The van der Waals surface area contributed by atoms with Crippen LogP contribution in [0.5, 0.6) is 0 Å². The number of nitrogens with zero attached hydrogens (tertiary/aromatic N) is 2. The van der Waals surface area contributed by atoms with Crippen molar-refractivity contribution >= 4 is 21.6 Å². The summed E-state index contributed by atoms with van der Waals surface area (Å²) in [4.78, 5) is 11.8. The monoisotopic (exact) mass is 309 g/mol. The van der Waals surface area contributed by atoms with E-state index in [0.29, 0.717) is 5.69 Å². The number of sulfone groups is 1. The van der Waals surface area contributed by atoms with Crippen LogP contribution in [0.2, 0.25) is 0 Å². The number of ether oxygens (including phenoxy) is 1. The Morgan fingerprint density at radius 2 is 1.95 bits per heavy atom. The average molecular weight is 309 g/mol. The molecule has 0 fully saturated rings. The minimum Gasteiger partial charge on any atom is -0.461 e. The molecule has 7 nitrogen and oxygen atoms in total. The maximum absolute atomic E-state index is 11.6. The molecule has 0 radical (unpaired) electrons. The fourth-order valence-electron chi connectivity index (χ4n) is 1.74. The molecule has 0 aliphatic carbocycles. The lowest BCUT2D eigenvalue weighted by atomic mass is 10.3. The number of nitrogens with two attached hydrogens (primary N) is 1. The fraction of sp³-hybridized carbons (Fsp3) is 0.231. The number of anilines is 1. The third kappa shape index (κ3) is 3.22. The van der Waals surface area contributed by atoms with Crippen LogP contribution in [0.15, 0.2) is 35.2 Å². The lowest BCUT2D eigenvalue weighted by molar-refractivity contribution is 0.0519. The van der Waals surface area contributed by atoms with Gasteiger partial charge < -0.3 is 10.5 Å². The lowest BCUT2D eigenvalue weighted by Gasteiger charge is -2.05. The van der Waals surface area contributed by atoms with Gasteiger partial charge in [0.05, 0.1) is 17.2 Å². The van der Waals surface area contributed by atoms with Crippen LogP contribution < -0.4 is 5.73 Å². The maximum Gasteiger partial charge on any atom is 0.358 e. The van der Waals surface area contributed by atoms with Crippen molar-refractivity contribution in [2.45, 2.75) is 11.8 Å². The molecule has 8 heteroatoms. The second-order valence-electron chi connectivity index (χ2n) is 4.35. The summed E-state index contributed by atoms with van der Waals surface area (Å²) in [6, 6.07) is 7.44. The minimum atomic E-state index is -3.26. The van der Waals surface area contributed by atoms with Crippen molar-refractivity contribution in [3.05, 3.63) is 36.0 Å². The SMILES string of the molecule is CCOC(=O)c1cc(N)n(-c2ccc(S(C)(=O)=O)cc2)n1. The van der Waals surface area contributed by atoms with Gasteiger partial charge in [-0.1, -0.05) is 0 Å². The van der Waals surface area contributed by atoms with Gasteiger partial charge in [0.25, 0.3) is 0 Å². The van der Waals surface area contributed by atoms with Crippen LogP contribution in [-0.4, -0.2) is 37.0 Å². The molecule has 0 atom stereocenters. The Hall–Kier alpha value is -2.35. The van der Waals surface area contributed by atoms with Crippen molar-refractivity contribution in [2.75, 3.05) is 18.6 Å². The Morgan fingerprint density at radius 3 is 2.48 bits per heavy atom. The van der Waals surface area contributed by atoms with E-state index in [4.69, 9.17) is 10.5 Å². The molecule has 0 unspecified atom stereocenters. The summed E-state index contributed by atoms with van der Waals surface area (Å²) in [5.41, 5.74) is 6.46. The van der Waals surface area contributed by atoms with Crippen LogP contribution in [0.1, 0.15) is 17.4 Å². The molecule has 2 rings (SSSR count). The zero-order valence-corrected chi connectivity index (χ0v) is 12.4. The molecule has 0 saturated carbocycles. The van der Waals surface area contributed by atoms with E-state index in [1.807, 2.05) is 0 Å². The van der Waals surface area contributed by atoms with E-state index in [9.17, 15) is 13.2 Å². The molecule has 0 aliphatic rings. The molecule has 0 amide bonds. The molecular formula is C13H15N3O4S. The van der Waals surface area contributed by atoms with Crippen molar-refractivity contribution < 1.29 is 17.9 Å². The Labute approximate surface area is 122 Å². The van der Waals surface area contributed by atoms with E-state index in [1.54, 1.807) is 19.1 Å².